The maximum absolute atomic E-state index is 12.6. The number of benzene rings is 2. The molecule has 2 atom stereocenters. The van der Waals surface area contributed by atoms with Gasteiger partial charge in [0.2, 0.25) is 5.91 Å². The van der Waals surface area contributed by atoms with Crippen molar-refractivity contribution in [2.75, 3.05) is 11.9 Å². The monoisotopic (exact) mass is 361 g/mol. The number of nitrogens with two attached hydrogens (primary N) is 1. The van der Waals surface area contributed by atoms with E-state index in [0.717, 1.165) is 41.6 Å². The Morgan fingerprint density at radius 3 is 2.93 bits per heavy atom. The molecule has 1 saturated carbocycles. The average Bonchev–Trinajstić information content (AvgIpc) is 3.18. The summed E-state index contributed by atoms with van der Waals surface area (Å²) in [5.74, 6) is 1.75. The van der Waals surface area contributed by atoms with Crippen molar-refractivity contribution in [3.05, 3.63) is 60.8 Å². The largest absolute Gasteiger partial charge is 0.457 e. The predicted octanol–water partition coefficient (Wildman–Crippen LogP) is 4.34. The van der Waals surface area contributed by atoms with Crippen LogP contribution in [0.2, 0.25) is 0 Å². The van der Waals surface area contributed by atoms with Crippen LogP contribution in [0.15, 0.2) is 60.8 Å². The highest BCUT2D eigenvalue weighted by Crippen LogP contribution is 2.33. The number of rotatable bonds is 5. The van der Waals surface area contributed by atoms with Gasteiger partial charge in [-0.3, -0.25) is 9.78 Å². The van der Waals surface area contributed by atoms with Crippen LogP contribution in [0.3, 0.4) is 0 Å². The van der Waals surface area contributed by atoms with Gasteiger partial charge in [0.05, 0.1) is 5.52 Å². The van der Waals surface area contributed by atoms with Crippen molar-refractivity contribution in [3.63, 3.8) is 0 Å². The summed E-state index contributed by atoms with van der Waals surface area (Å²) in [5, 5.41) is 3.97. The lowest BCUT2D eigenvalue weighted by atomic mass is 9.95. The van der Waals surface area contributed by atoms with E-state index in [1.165, 1.54) is 0 Å². The Bertz CT molecular complexity index is 952. The zero-order valence-electron chi connectivity index (χ0n) is 15.1. The molecule has 0 spiro atoms. The summed E-state index contributed by atoms with van der Waals surface area (Å²) in [6.45, 7) is 0.566. The summed E-state index contributed by atoms with van der Waals surface area (Å²) >= 11 is 0. The highest BCUT2D eigenvalue weighted by Gasteiger charge is 2.31. The topological polar surface area (TPSA) is 77.2 Å². The van der Waals surface area contributed by atoms with E-state index in [2.05, 4.69) is 10.3 Å². The molecule has 1 aliphatic carbocycles. The Labute approximate surface area is 158 Å². The Kier molecular flexibility index (Phi) is 5.03. The molecule has 1 fully saturated rings. The fourth-order valence-corrected chi connectivity index (χ4v) is 3.82. The van der Waals surface area contributed by atoms with E-state index in [1.54, 1.807) is 6.20 Å². The summed E-state index contributed by atoms with van der Waals surface area (Å²) in [6.07, 6.45) is 4.74. The van der Waals surface area contributed by atoms with Crippen LogP contribution in [0, 0.1) is 11.8 Å². The van der Waals surface area contributed by atoms with Crippen LogP contribution in [0.5, 0.6) is 11.5 Å². The van der Waals surface area contributed by atoms with Crippen LogP contribution >= 0.6 is 0 Å². The molecule has 0 aliphatic heterocycles. The van der Waals surface area contributed by atoms with Crippen LogP contribution in [-0.2, 0) is 4.79 Å². The number of anilines is 1. The van der Waals surface area contributed by atoms with E-state index in [1.807, 2.05) is 54.6 Å². The third-order valence-corrected chi connectivity index (χ3v) is 5.24. The van der Waals surface area contributed by atoms with Crippen molar-refractivity contribution in [2.45, 2.75) is 19.3 Å². The third-order valence-electron chi connectivity index (χ3n) is 5.24. The van der Waals surface area contributed by atoms with Gasteiger partial charge in [-0.15, -0.1) is 0 Å². The number of hydrogen-bond acceptors (Lipinski definition) is 4. The van der Waals surface area contributed by atoms with Crippen molar-refractivity contribution in [2.24, 2.45) is 17.6 Å². The van der Waals surface area contributed by atoms with Crippen LogP contribution in [-0.4, -0.2) is 17.4 Å². The minimum atomic E-state index is 0.00344. The number of pyridine rings is 1. The highest BCUT2D eigenvalue weighted by molar-refractivity contribution is 5.93. The minimum absolute atomic E-state index is 0.00344. The number of aromatic nitrogens is 1. The van der Waals surface area contributed by atoms with Crippen molar-refractivity contribution in [1.29, 1.82) is 0 Å². The van der Waals surface area contributed by atoms with Crippen LogP contribution in [0.4, 0.5) is 5.69 Å². The molecule has 3 aromatic rings. The maximum Gasteiger partial charge on any atom is 0.227 e. The second-order valence-electron chi connectivity index (χ2n) is 6.98. The zero-order chi connectivity index (χ0) is 18.6. The smallest absolute Gasteiger partial charge is 0.227 e. The van der Waals surface area contributed by atoms with Crippen LogP contribution < -0.4 is 15.8 Å². The van der Waals surface area contributed by atoms with Crippen LogP contribution in [0.25, 0.3) is 10.9 Å². The second kappa shape index (κ2) is 7.76. The Balaban J connectivity index is 1.51. The Hall–Kier alpha value is -2.92. The molecule has 138 valence electrons. The molecular formula is C22H23N3O2. The van der Waals surface area contributed by atoms with Gasteiger partial charge in [-0.2, -0.15) is 0 Å². The number of nitrogens with one attached hydrogen (secondary N) is 1. The van der Waals surface area contributed by atoms with Gasteiger partial charge in [0, 0.05) is 29.3 Å². The molecule has 5 heteroatoms. The molecule has 4 rings (SSSR count). The fourth-order valence-electron chi connectivity index (χ4n) is 3.82. The second-order valence-corrected chi connectivity index (χ2v) is 6.98. The molecule has 2 aromatic carbocycles. The van der Waals surface area contributed by atoms with Gasteiger partial charge >= 0.3 is 0 Å². The number of para-hydroxylation sites is 1. The van der Waals surface area contributed by atoms with E-state index < -0.39 is 0 Å². The van der Waals surface area contributed by atoms with Crippen LogP contribution in [0.1, 0.15) is 19.3 Å². The van der Waals surface area contributed by atoms with Crippen molar-refractivity contribution < 1.29 is 9.53 Å². The molecule has 0 bridgehead atoms. The molecule has 0 unspecified atom stereocenters. The standard InChI is InChI=1S/C22H23N3O2/c23-14-15-5-3-9-18(15)22(26)25-16-6-4-7-17(13-16)27-21-11-12-24-20-10-2-1-8-19(20)21/h1-2,4,6-8,10-13,15,18H,3,5,9,14,23H2,(H,25,26)/t15-,18-/m1/s1. The van der Waals surface area contributed by atoms with Gasteiger partial charge in [0.15, 0.2) is 0 Å². The van der Waals surface area contributed by atoms with Gasteiger partial charge in [-0.05, 0) is 55.6 Å². The average molecular weight is 361 g/mol. The maximum atomic E-state index is 12.6. The molecule has 1 aromatic heterocycles. The first-order chi connectivity index (χ1) is 13.2. The van der Waals surface area contributed by atoms with Gasteiger partial charge < -0.3 is 15.8 Å². The number of fused-ring (bicyclic) bond motifs is 1. The summed E-state index contributed by atoms with van der Waals surface area (Å²) in [4.78, 5) is 17.0. The normalized spacial score (nSPS) is 19.1. The lowest BCUT2D eigenvalue weighted by Crippen LogP contribution is -2.29. The number of ether oxygens (including phenoxy) is 1. The first-order valence-corrected chi connectivity index (χ1v) is 9.37. The van der Waals surface area contributed by atoms with Crippen molar-refractivity contribution >= 4 is 22.5 Å². The molecule has 5 nitrogen and oxygen atoms in total. The fraction of sp³-hybridized carbons (Fsp3) is 0.273. The summed E-state index contributed by atoms with van der Waals surface area (Å²) in [7, 11) is 0. The first-order valence-electron chi connectivity index (χ1n) is 9.37. The lowest BCUT2D eigenvalue weighted by molar-refractivity contribution is -0.120. The molecule has 1 aliphatic rings. The Morgan fingerprint density at radius 1 is 1.15 bits per heavy atom. The summed E-state index contributed by atoms with van der Waals surface area (Å²) in [5.41, 5.74) is 7.42. The molecular weight excluding hydrogens is 338 g/mol. The number of nitrogens with zero attached hydrogens (tertiary/aromatic N) is 1. The number of amides is 1. The van der Waals surface area contributed by atoms with E-state index >= 15 is 0 Å². The van der Waals surface area contributed by atoms with Crippen molar-refractivity contribution in [3.8, 4) is 11.5 Å². The molecule has 0 radical (unpaired) electrons. The Morgan fingerprint density at radius 2 is 2.04 bits per heavy atom. The van der Waals surface area contributed by atoms with Gasteiger partial charge in [0.25, 0.3) is 0 Å². The third kappa shape index (κ3) is 3.78. The molecule has 3 N–H and O–H groups in total. The number of carbonyl (C=O) groups excluding carboxylic acids is 1. The van der Waals surface area contributed by atoms with E-state index in [9.17, 15) is 4.79 Å². The highest BCUT2D eigenvalue weighted by atomic mass is 16.5. The number of carbonyl (C=O) groups is 1. The summed E-state index contributed by atoms with van der Waals surface area (Å²) < 4.78 is 6.07. The quantitative estimate of drug-likeness (QED) is 0.709. The minimum Gasteiger partial charge on any atom is -0.457 e. The van der Waals surface area contributed by atoms with E-state index in [0.29, 0.717) is 12.3 Å². The SMILES string of the molecule is NC[C@H]1CCC[C@H]1C(=O)Nc1cccc(Oc2ccnc3ccccc23)c1. The van der Waals surface area contributed by atoms with Gasteiger partial charge in [0.1, 0.15) is 11.5 Å². The predicted molar refractivity (Wildman–Crippen MR) is 107 cm³/mol. The molecule has 27 heavy (non-hydrogen) atoms. The van der Waals surface area contributed by atoms with Gasteiger partial charge in [-0.25, -0.2) is 0 Å². The number of hydrogen-bond donors (Lipinski definition) is 2. The first kappa shape index (κ1) is 17.5. The summed E-state index contributed by atoms with van der Waals surface area (Å²) in [6, 6.07) is 17.2. The van der Waals surface area contributed by atoms with E-state index in [-0.39, 0.29) is 17.7 Å². The molecule has 1 heterocycles. The van der Waals surface area contributed by atoms with Gasteiger partial charge in [-0.1, -0.05) is 24.6 Å². The lowest BCUT2D eigenvalue weighted by Gasteiger charge is -2.17. The molecule has 1 amide bonds. The van der Waals surface area contributed by atoms with E-state index in [4.69, 9.17) is 10.5 Å². The molecule has 0 saturated heterocycles. The van der Waals surface area contributed by atoms with Crippen molar-refractivity contribution in [1.82, 2.24) is 4.98 Å². The zero-order valence-corrected chi connectivity index (χ0v) is 15.1.